The molecule has 1 aromatic rings. The lowest BCUT2D eigenvalue weighted by molar-refractivity contribution is -0.202. The molecule has 9 heteroatoms. The first-order chi connectivity index (χ1) is 10.1. The topological polar surface area (TPSA) is 116 Å². The highest BCUT2D eigenvalue weighted by atomic mass is 32.2. The van der Waals surface area contributed by atoms with Gasteiger partial charge in [0.25, 0.3) is 15.9 Å². The number of esters is 2. The van der Waals surface area contributed by atoms with Crippen LogP contribution in [-0.2, 0) is 33.4 Å². The summed E-state index contributed by atoms with van der Waals surface area (Å²) < 4.78 is 37.3. The SMILES string of the molecule is COC(=O)C[C@@](O)(OS(=O)(=O)c1ccc(C)cc1)C(=O)OC. The monoisotopic (exact) mass is 332 g/mol. The fourth-order valence-corrected chi connectivity index (χ4v) is 2.55. The Morgan fingerprint density at radius 1 is 1.14 bits per heavy atom. The molecule has 0 amide bonds. The van der Waals surface area contributed by atoms with Gasteiger partial charge in [-0.3, -0.25) is 4.79 Å². The number of hydrogen-bond donors (Lipinski definition) is 1. The largest absolute Gasteiger partial charge is 0.469 e. The van der Waals surface area contributed by atoms with Gasteiger partial charge in [-0.25, -0.2) is 8.98 Å². The normalized spacial score (nSPS) is 14.0. The average molecular weight is 332 g/mol. The molecule has 0 spiro atoms. The van der Waals surface area contributed by atoms with Crippen LogP contribution in [0.25, 0.3) is 0 Å². The van der Waals surface area contributed by atoms with Gasteiger partial charge in [0.2, 0.25) is 0 Å². The highest BCUT2D eigenvalue weighted by Crippen LogP contribution is 2.23. The third-order valence-electron chi connectivity index (χ3n) is 2.67. The van der Waals surface area contributed by atoms with Crippen LogP contribution in [0.3, 0.4) is 0 Å². The van der Waals surface area contributed by atoms with Gasteiger partial charge in [0.05, 0.1) is 19.1 Å². The lowest BCUT2D eigenvalue weighted by Crippen LogP contribution is -2.46. The Morgan fingerprint density at radius 2 is 1.68 bits per heavy atom. The van der Waals surface area contributed by atoms with E-state index in [4.69, 9.17) is 0 Å². The minimum Gasteiger partial charge on any atom is -0.469 e. The van der Waals surface area contributed by atoms with Crippen LogP contribution in [0.15, 0.2) is 29.2 Å². The summed E-state index contributed by atoms with van der Waals surface area (Å²) in [6.45, 7) is 1.75. The molecule has 1 aromatic carbocycles. The first-order valence-electron chi connectivity index (χ1n) is 6.04. The summed E-state index contributed by atoms with van der Waals surface area (Å²) in [4.78, 5) is 22.5. The van der Waals surface area contributed by atoms with Crippen LogP contribution in [0.1, 0.15) is 12.0 Å². The van der Waals surface area contributed by atoms with E-state index in [1.54, 1.807) is 6.92 Å². The molecule has 0 unspecified atom stereocenters. The number of rotatable bonds is 6. The van der Waals surface area contributed by atoms with E-state index in [0.29, 0.717) is 0 Å². The van der Waals surface area contributed by atoms with E-state index in [1.165, 1.54) is 24.3 Å². The molecule has 0 radical (unpaired) electrons. The van der Waals surface area contributed by atoms with Crippen molar-refractivity contribution in [3.05, 3.63) is 29.8 Å². The Morgan fingerprint density at radius 3 is 2.14 bits per heavy atom. The van der Waals surface area contributed by atoms with Gasteiger partial charge in [0, 0.05) is 0 Å². The molecule has 0 aliphatic rings. The van der Waals surface area contributed by atoms with Crippen LogP contribution in [0.2, 0.25) is 0 Å². The summed E-state index contributed by atoms with van der Waals surface area (Å²) in [5.41, 5.74) is 0.803. The Balaban J connectivity index is 3.14. The van der Waals surface area contributed by atoms with E-state index in [1.807, 2.05) is 0 Å². The molecule has 0 aromatic heterocycles. The van der Waals surface area contributed by atoms with Crippen molar-refractivity contribution in [1.82, 2.24) is 0 Å². The minimum atomic E-state index is -4.50. The molecule has 0 heterocycles. The predicted octanol–water partition coefficient (Wildman–Crippen LogP) is 0.125. The number of carbonyl (C=O) groups excluding carboxylic acids is 2. The summed E-state index contributed by atoms with van der Waals surface area (Å²) in [6, 6.07) is 5.49. The van der Waals surface area contributed by atoms with Crippen LogP contribution in [-0.4, -0.2) is 45.5 Å². The van der Waals surface area contributed by atoms with Gasteiger partial charge in [-0.15, -0.1) is 0 Å². The lowest BCUT2D eigenvalue weighted by atomic mass is 10.2. The zero-order valence-corrected chi connectivity index (χ0v) is 13.0. The number of aliphatic hydroxyl groups is 1. The molecule has 0 saturated heterocycles. The van der Waals surface area contributed by atoms with Gasteiger partial charge in [-0.2, -0.15) is 8.42 Å². The maximum atomic E-state index is 12.1. The van der Waals surface area contributed by atoms with Gasteiger partial charge in [-0.1, -0.05) is 17.7 Å². The Labute approximate surface area is 127 Å². The van der Waals surface area contributed by atoms with Crippen molar-refractivity contribution >= 4 is 22.1 Å². The molecule has 8 nitrogen and oxygen atoms in total. The van der Waals surface area contributed by atoms with Crippen molar-refractivity contribution in [2.45, 2.75) is 24.0 Å². The number of ether oxygens (including phenoxy) is 2. The molecule has 0 saturated carbocycles. The van der Waals surface area contributed by atoms with Crippen molar-refractivity contribution in [3.8, 4) is 0 Å². The number of hydrogen-bond acceptors (Lipinski definition) is 8. The van der Waals surface area contributed by atoms with Crippen LogP contribution >= 0.6 is 0 Å². The van der Waals surface area contributed by atoms with Crippen LogP contribution in [0.4, 0.5) is 0 Å². The average Bonchev–Trinajstić information content (AvgIpc) is 2.45. The first-order valence-corrected chi connectivity index (χ1v) is 7.45. The number of methoxy groups -OCH3 is 2. The first kappa shape index (κ1) is 18.1. The summed E-state index contributed by atoms with van der Waals surface area (Å²) in [5, 5.41) is 10.1. The van der Waals surface area contributed by atoms with Gasteiger partial charge < -0.3 is 14.6 Å². The molecule has 1 N–H and O–H groups in total. The standard InChI is InChI=1S/C13H16O8S/c1-9-4-6-10(7-5-9)22(17,18)21-13(16,12(15)20-3)8-11(14)19-2/h4-7,16H,8H2,1-3H3/t13-/m1/s1. The highest BCUT2D eigenvalue weighted by Gasteiger charge is 2.46. The molecule has 0 bridgehead atoms. The van der Waals surface area contributed by atoms with Gasteiger partial charge in [0.15, 0.2) is 0 Å². The molecule has 0 fully saturated rings. The maximum absolute atomic E-state index is 12.1. The van der Waals surface area contributed by atoms with Crippen molar-refractivity contribution in [2.75, 3.05) is 14.2 Å². The molecule has 122 valence electrons. The maximum Gasteiger partial charge on any atom is 0.368 e. The Bertz CT molecular complexity index is 649. The van der Waals surface area contributed by atoms with Gasteiger partial charge >= 0.3 is 11.9 Å². The Kier molecular flexibility index (Phi) is 5.64. The van der Waals surface area contributed by atoms with Crippen molar-refractivity contribution < 1.29 is 36.8 Å². The zero-order valence-electron chi connectivity index (χ0n) is 12.2. The molecular weight excluding hydrogens is 316 g/mol. The van der Waals surface area contributed by atoms with Crippen LogP contribution in [0, 0.1) is 6.92 Å². The molecular formula is C13H16O8S. The molecule has 0 aliphatic heterocycles. The number of aryl methyl sites for hydroxylation is 1. The minimum absolute atomic E-state index is 0.287. The third-order valence-corrected chi connectivity index (χ3v) is 4.02. The summed E-state index contributed by atoms with van der Waals surface area (Å²) >= 11 is 0. The molecule has 22 heavy (non-hydrogen) atoms. The van der Waals surface area contributed by atoms with E-state index < -0.39 is 34.3 Å². The Hall–Kier alpha value is -1.97. The molecule has 0 aliphatic carbocycles. The van der Waals surface area contributed by atoms with E-state index in [0.717, 1.165) is 19.8 Å². The highest BCUT2D eigenvalue weighted by molar-refractivity contribution is 7.86. The zero-order chi connectivity index (χ0) is 17.0. The number of benzene rings is 1. The predicted molar refractivity (Wildman–Crippen MR) is 73.0 cm³/mol. The smallest absolute Gasteiger partial charge is 0.368 e. The van der Waals surface area contributed by atoms with Crippen molar-refractivity contribution in [1.29, 1.82) is 0 Å². The second-order valence-corrected chi connectivity index (χ2v) is 5.93. The molecule has 1 atom stereocenters. The lowest BCUT2D eigenvalue weighted by Gasteiger charge is -2.23. The number of carbonyl (C=O) groups is 2. The van der Waals surface area contributed by atoms with E-state index >= 15 is 0 Å². The van der Waals surface area contributed by atoms with Gasteiger partial charge in [0.1, 0.15) is 6.42 Å². The fraction of sp³-hybridized carbons (Fsp3) is 0.385. The summed E-state index contributed by atoms with van der Waals surface area (Å²) in [5.74, 6) is -5.49. The summed E-state index contributed by atoms with van der Waals surface area (Å²) in [6.07, 6.45) is -1.04. The third kappa shape index (κ3) is 4.26. The van der Waals surface area contributed by atoms with Crippen LogP contribution < -0.4 is 0 Å². The fourth-order valence-electron chi connectivity index (χ4n) is 1.50. The molecule has 1 rings (SSSR count). The van der Waals surface area contributed by atoms with Crippen LogP contribution in [0.5, 0.6) is 0 Å². The second kappa shape index (κ2) is 6.86. The van der Waals surface area contributed by atoms with E-state index in [-0.39, 0.29) is 4.90 Å². The summed E-state index contributed by atoms with van der Waals surface area (Å²) in [7, 11) is -2.58. The van der Waals surface area contributed by atoms with E-state index in [2.05, 4.69) is 13.7 Å². The second-order valence-electron chi connectivity index (χ2n) is 4.38. The van der Waals surface area contributed by atoms with E-state index in [9.17, 15) is 23.1 Å². The van der Waals surface area contributed by atoms with Crippen molar-refractivity contribution in [3.63, 3.8) is 0 Å². The van der Waals surface area contributed by atoms with Crippen molar-refractivity contribution in [2.24, 2.45) is 0 Å². The van der Waals surface area contributed by atoms with Gasteiger partial charge in [-0.05, 0) is 19.1 Å². The quantitative estimate of drug-likeness (QED) is 0.444.